The highest BCUT2D eigenvalue weighted by Gasteiger charge is 2.22. The van der Waals surface area contributed by atoms with Crippen LogP contribution in [0, 0.1) is 0 Å². The summed E-state index contributed by atoms with van der Waals surface area (Å²) in [6.07, 6.45) is 3.19. The number of hydrogen-bond acceptors (Lipinski definition) is 2. The molecule has 0 fully saturated rings. The number of imidazole rings is 1. The minimum absolute atomic E-state index is 0.199. The van der Waals surface area contributed by atoms with E-state index in [9.17, 15) is 0 Å². The van der Waals surface area contributed by atoms with Crippen LogP contribution in [-0.2, 0) is 12.0 Å². The number of hydrogen-bond donors (Lipinski definition) is 1. The van der Waals surface area contributed by atoms with Gasteiger partial charge in [-0.3, -0.25) is 0 Å². The van der Waals surface area contributed by atoms with Crippen LogP contribution in [0.2, 0.25) is 0 Å². The van der Waals surface area contributed by atoms with Gasteiger partial charge in [-0.2, -0.15) is 0 Å². The molecule has 1 aliphatic rings. The van der Waals surface area contributed by atoms with Gasteiger partial charge in [0.15, 0.2) is 0 Å². The Labute approximate surface area is 79.2 Å². The molecule has 0 unspecified atom stereocenters. The fourth-order valence-electron chi connectivity index (χ4n) is 1.78. The maximum atomic E-state index is 4.38. The average Bonchev–Trinajstić information content (AvgIpc) is 2.45. The third kappa shape index (κ3) is 1.43. The molecule has 72 valence electrons. The molecule has 0 radical (unpaired) electrons. The zero-order chi connectivity index (χ0) is 9.47. The molecule has 0 atom stereocenters. The van der Waals surface area contributed by atoms with E-state index < -0.39 is 0 Å². The van der Waals surface area contributed by atoms with E-state index in [-0.39, 0.29) is 5.41 Å². The Morgan fingerprint density at radius 2 is 2.23 bits per heavy atom. The zero-order valence-corrected chi connectivity index (χ0v) is 8.59. The fourth-order valence-corrected chi connectivity index (χ4v) is 1.78. The largest absolute Gasteiger partial charge is 0.356 e. The zero-order valence-electron chi connectivity index (χ0n) is 8.59. The summed E-state index contributed by atoms with van der Waals surface area (Å²) < 4.78 is 2.30. The molecule has 1 aliphatic heterocycles. The molecule has 2 heterocycles. The molecule has 0 aliphatic carbocycles. The van der Waals surface area contributed by atoms with Gasteiger partial charge in [-0.15, -0.1) is 0 Å². The number of anilines is 1. The molecule has 0 amide bonds. The van der Waals surface area contributed by atoms with Gasteiger partial charge in [-0.05, 0) is 6.42 Å². The second-order valence-corrected chi connectivity index (χ2v) is 4.65. The summed E-state index contributed by atoms with van der Waals surface area (Å²) in [5.74, 6) is 1.04. The Hall–Kier alpha value is -0.990. The Morgan fingerprint density at radius 1 is 1.46 bits per heavy atom. The van der Waals surface area contributed by atoms with Crippen molar-refractivity contribution in [1.82, 2.24) is 9.55 Å². The van der Waals surface area contributed by atoms with Gasteiger partial charge in [-0.1, -0.05) is 20.8 Å². The highest BCUT2D eigenvalue weighted by Crippen LogP contribution is 2.26. The van der Waals surface area contributed by atoms with Crippen LogP contribution in [0.4, 0.5) is 5.95 Å². The summed E-state index contributed by atoms with van der Waals surface area (Å²) >= 11 is 0. The molecule has 0 saturated heterocycles. The van der Waals surface area contributed by atoms with Crippen molar-refractivity contribution >= 4 is 5.95 Å². The van der Waals surface area contributed by atoms with Crippen molar-refractivity contribution < 1.29 is 0 Å². The molecule has 1 N–H and O–H groups in total. The molecule has 1 aromatic heterocycles. The van der Waals surface area contributed by atoms with Crippen molar-refractivity contribution in [3.05, 3.63) is 11.9 Å². The molecule has 13 heavy (non-hydrogen) atoms. The van der Waals surface area contributed by atoms with E-state index in [4.69, 9.17) is 0 Å². The maximum absolute atomic E-state index is 4.38. The van der Waals surface area contributed by atoms with Gasteiger partial charge >= 0.3 is 0 Å². The second-order valence-electron chi connectivity index (χ2n) is 4.65. The smallest absolute Gasteiger partial charge is 0.203 e. The van der Waals surface area contributed by atoms with Crippen LogP contribution in [0.5, 0.6) is 0 Å². The highest BCUT2D eigenvalue weighted by molar-refractivity contribution is 5.33. The van der Waals surface area contributed by atoms with E-state index in [0.717, 1.165) is 19.0 Å². The standard InChI is InChI=1S/C10H17N3/c1-10(2,3)8-7-12-9-11-5-4-6-13(8)9/h7H,4-6H2,1-3H3,(H,11,12). The number of nitrogens with zero attached hydrogens (tertiary/aromatic N) is 2. The first-order valence-corrected chi connectivity index (χ1v) is 4.89. The van der Waals surface area contributed by atoms with E-state index >= 15 is 0 Å². The lowest BCUT2D eigenvalue weighted by Gasteiger charge is -2.24. The third-order valence-electron chi connectivity index (χ3n) is 2.47. The van der Waals surface area contributed by atoms with E-state index in [1.165, 1.54) is 12.1 Å². The molecule has 0 bridgehead atoms. The van der Waals surface area contributed by atoms with Crippen molar-refractivity contribution in [1.29, 1.82) is 0 Å². The first-order valence-electron chi connectivity index (χ1n) is 4.89. The summed E-state index contributed by atoms with van der Waals surface area (Å²) in [6.45, 7) is 8.85. The molecule has 3 heteroatoms. The second kappa shape index (κ2) is 2.76. The van der Waals surface area contributed by atoms with Crippen LogP contribution in [0.1, 0.15) is 32.9 Å². The SMILES string of the molecule is CC(C)(C)c1cnc2n1CCCN2. The van der Waals surface area contributed by atoms with Crippen molar-refractivity contribution in [3.63, 3.8) is 0 Å². The van der Waals surface area contributed by atoms with Gasteiger partial charge < -0.3 is 9.88 Å². The fraction of sp³-hybridized carbons (Fsp3) is 0.700. The van der Waals surface area contributed by atoms with Gasteiger partial charge in [0, 0.05) is 24.2 Å². The quantitative estimate of drug-likeness (QED) is 0.660. The molecule has 3 nitrogen and oxygen atoms in total. The van der Waals surface area contributed by atoms with Crippen LogP contribution in [-0.4, -0.2) is 16.1 Å². The third-order valence-corrected chi connectivity index (χ3v) is 2.47. The van der Waals surface area contributed by atoms with Crippen molar-refractivity contribution in [3.8, 4) is 0 Å². The van der Waals surface area contributed by atoms with Gasteiger partial charge in [-0.25, -0.2) is 4.98 Å². The van der Waals surface area contributed by atoms with Crippen LogP contribution in [0.15, 0.2) is 6.20 Å². The van der Waals surface area contributed by atoms with Gasteiger partial charge in [0.1, 0.15) is 0 Å². The van der Waals surface area contributed by atoms with E-state index in [2.05, 4.69) is 35.6 Å². The summed E-state index contributed by atoms with van der Waals surface area (Å²) in [7, 11) is 0. The molecular weight excluding hydrogens is 162 g/mol. The van der Waals surface area contributed by atoms with Gasteiger partial charge in [0.2, 0.25) is 5.95 Å². The first kappa shape index (κ1) is 8.60. The maximum Gasteiger partial charge on any atom is 0.203 e. The number of aromatic nitrogens is 2. The Morgan fingerprint density at radius 3 is 2.92 bits per heavy atom. The molecule has 2 rings (SSSR count). The van der Waals surface area contributed by atoms with Crippen molar-refractivity contribution in [2.24, 2.45) is 0 Å². The number of nitrogens with one attached hydrogen (secondary N) is 1. The van der Waals surface area contributed by atoms with Crippen LogP contribution < -0.4 is 5.32 Å². The molecule has 0 saturated carbocycles. The van der Waals surface area contributed by atoms with Gasteiger partial charge in [0.05, 0.1) is 6.20 Å². The Bertz CT molecular complexity index is 306. The monoisotopic (exact) mass is 179 g/mol. The normalized spacial score (nSPS) is 16.5. The molecule has 1 aromatic rings. The van der Waals surface area contributed by atoms with E-state index in [1.54, 1.807) is 0 Å². The topological polar surface area (TPSA) is 29.9 Å². The molecule has 0 aromatic carbocycles. The van der Waals surface area contributed by atoms with E-state index in [1.807, 2.05) is 6.20 Å². The lowest BCUT2D eigenvalue weighted by molar-refractivity contribution is 0.503. The number of fused-ring (bicyclic) bond motifs is 1. The lowest BCUT2D eigenvalue weighted by Crippen LogP contribution is -2.23. The molecule has 0 spiro atoms. The summed E-state index contributed by atoms with van der Waals surface area (Å²) in [6, 6.07) is 0. The van der Waals surface area contributed by atoms with Crippen LogP contribution in [0.25, 0.3) is 0 Å². The predicted octanol–water partition coefficient (Wildman–Crippen LogP) is 2.00. The minimum Gasteiger partial charge on any atom is -0.356 e. The minimum atomic E-state index is 0.199. The Kier molecular flexibility index (Phi) is 1.82. The van der Waals surface area contributed by atoms with Crippen LogP contribution >= 0.6 is 0 Å². The van der Waals surface area contributed by atoms with Crippen molar-refractivity contribution in [2.45, 2.75) is 39.2 Å². The lowest BCUT2D eigenvalue weighted by atomic mass is 9.92. The Balaban J connectivity index is 2.43. The molecular formula is C10H17N3. The number of rotatable bonds is 0. The summed E-state index contributed by atoms with van der Waals surface area (Å²) in [5, 5.41) is 3.31. The van der Waals surface area contributed by atoms with Crippen LogP contribution in [0.3, 0.4) is 0 Å². The van der Waals surface area contributed by atoms with Crippen molar-refractivity contribution in [2.75, 3.05) is 11.9 Å². The van der Waals surface area contributed by atoms with Gasteiger partial charge in [0.25, 0.3) is 0 Å². The summed E-state index contributed by atoms with van der Waals surface area (Å²) in [4.78, 5) is 4.38. The first-order chi connectivity index (χ1) is 6.09. The summed E-state index contributed by atoms with van der Waals surface area (Å²) in [5.41, 5.74) is 1.53. The van der Waals surface area contributed by atoms with E-state index in [0.29, 0.717) is 0 Å². The average molecular weight is 179 g/mol. The predicted molar refractivity (Wildman–Crippen MR) is 54.0 cm³/mol. The highest BCUT2D eigenvalue weighted by atomic mass is 15.2.